The number of rotatable bonds is 6. The number of hydrogen-bond acceptors (Lipinski definition) is 3. The molecule has 1 heterocycles. The fourth-order valence-electron chi connectivity index (χ4n) is 2.91. The standard InChI is InChI=1S/C20H21NO3/c1-3-20(23-2,16-10-5-4-6-11-16)14-21-19(22)18-13-15-9-7-8-12-17(15)24-18/h4-13H,3,14H2,1-2H3,(H,21,22). The Kier molecular flexibility index (Phi) is 4.67. The number of benzene rings is 2. The average Bonchev–Trinajstić information content (AvgIpc) is 3.08. The second-order valence-electron chi connectivity index (χ2n) is 5.75. The van der Waals surface area contributed by atoms with Crippen LogP contribution < -0.4 is 5.32 Å². The molecule has 0 bridgehead atoms. The molecule has 24 heavy (non-hydrogen) atoms. The highest BCUT2D eigenvalue weighted by atomic mass is 16.5. The molecule has 3 rings (SSSR count). The van der Waals surface area contributed by atoms with Gasteiger partial charge < -0.3 is 14.5 Å². The Morgan fingerprint density at radius 2 is 1.83 bits per heavy atom. The molecule has 124 valence electrons. The lowest BCUT2D eigenvalue weighted by atomic mass is 9.90. The minimum atomic E-state index is -0.553. The predicted octanol–water partition coefficient (Wildman–Crippen LogP) is 4.11. The zero-order chi connectivity index (χ0) is 17.0. The zero-order valence-corrected chi connectivity index (χ0v) is 13.9. The molecule has 1 aromatic heterocycles. The van der Waals surface area contributed by atoms with Crippen molar-refractivity contribution in [1.29, 1.82) is 0 Å². The second kappa shape index (κ2) is 6.89. The molecule has 0 aliphatic heterocycles. The van der Waals surface area contributed by atoms with Gasteiger partial charge in [-0.25, -0.2) is 0 Å². The molecule has 0 aliphatic rings. The number of nitrogens with one attached hydrogen (secondary N) is 1. The molecule has 1 N–H and O–H groups in total. The van der Waals surface area contributed by atoms with Crippen molar-refractivity contribution in [1.82, 2.24) is 5.32 Å². The molecule has 4 heteroatoms. The molecule has 0 saturated heterocycles. The number of para-hydroxylation sites is 1. The van der Waals surface area contributed by atoms with E-state index in [1.165, 1.54) is 0 Å². The Labute approximate surface area is 141 Å². The molecule has 0 aliphatic carbocycles. The van der Waals surface area contributed by atoms with Gasteiger partial charge in [0.25, 0.3) is 5.91 Å². The topological polar surface area (TPSA) is 51.5 Å². The zero-order valence-electron chi connectivity index (χ0n) is 13.9. The van der Waals surface area contributed by atoms with Crippen LogP contribution in [0, 0.1) is 0 Å². The summed E-state index contributed by atoms with van der Waals surface area (Å²) < 4.78 is 11.4. The van der Waals surface area contributed by atoms with Gasteiger partial charge in [-0.05, 0) is 24.1 Å². The molecule has 1 amide bonds. The molecule has 0 spiro atoms. The van der Waals surface area contributed by atoms with Crippen molar-refractivity contribution in [2.75, 3.05) is 13.7 Å². The van der Waals surface area contributed by atoms with Gasteiger partial charge in [0.1, 0.15) is 11.2 Å². The molecular weight excluding hydrogens is 302 g/mol. The van der Waals surface area contributed by atoms with Crippen LogP contribution in [0.1, 0.15) is 29.5 Å². The SMILES string of the molecule is CCC(CNC(=O)c1cc2ccccc2o1)(OC)c1ccccc1. The summed E-state index contributed by atoms with van der Waals surface area (Å²) >= 11 is 0. The van der Waals surface area contributed by atoms with E-state index in [2.05, 4.69) is 5.32 Å². The molecule has 4 nitrogen and oxygen atoms in total. The molecule has 0 fully saturated rings. The van der Waals surface area contributed by atoms with Gasteiger partial charge in [-0.1, -0.05) is 55.5 Å². The number of methoxy groups -OCH3 is 1. The van der Waals surface area contributed by atoms with Crippen molar-refractivity contribution in [2.24, 2.45) is 0 Å². The highest BCUT2D eigenvalue weighted by Crippen LogP contribution is 2.28. The molecule has 0 radical (unpaired) electrons. The number of fused-ring (bicyclic) bond motifs is 1. The highest BCUT2D eigenvalue weighted by Gasteiger charge is 2.31. The largest absolute Gasteiger partial charge is 0.451 e. The summed E-state index contributed by atoms with van der Waals surface area (Å²) in [5, 5.41) is 3.86. The molecule has 1 atom stereocenters. The van der Waals surface area contributed by atoms with E-state index in [4.69, 9.17) is 9.15 Å². The fraction of sp³-hybridized carbons (Fsp3) is 0.250. The predicted molar refractivity (Wildman–Crippen MR) is 94.0 cm³/mol. The van der Waals surface area contributed by atoms with E-state index in [0.29, 0.717) is 17.9 Å². The first-order valence-electron chi connectivity index (χ1n) is 8.06. The van der Waals surface area contributed by atoms with Crippen LogP contribution in [0.2, 0.25) is 0 Å². The van der Waals surface area contributed by atoms with Crippen LogP contribution in [0.25, 0.3) is 11.0 Å². The number of ether oxygens (including phenoxy) is 1. The third-order valence-corrected chi connectivity index (χ3v) is 4.45. The summed E-state index contributed by atoms with van der Waals surface area (Å²) in [4.78, 5) is 12.5. The smallest absolute Gasteiger partial charge is 0.287 e. The van der Waals surface area contributed by atoms with Gasteiger partial charge in [0, 0.05) is 12.5 Å². The van der Waals surface area contributed by atoms with Crippen LogP contribution in [-0.2, 0) is 10.3 Å². The second-order valence-corrected chi connectivity index (χ2v) is 5.75. The van der Waals surface area contributed by atoms with Gasteiger partial charge in [0.15, 0.2) is 5.76 Å². The maximum atomic E-state index is 12.5. The maximum absolute atomic E-state index is 12.5. The Morgan fingerprint density at radius 3 is 2.50 bits per heavy atom. The van der Waals surface area contributed by atoms with E-state index >= 15 is 0 Å². The summed E-state index contributed by atoms with van der Waals surface area (Å²) in [5.74, 6) is 0.0716. The first-order valence-corrected chi connectivity index (χ1v) is 8.06. The Balaban J connectivity index is 1.78. The van der Waals surface area contributed by atoms with E-state index in [1.807, 2.05) is 61.5 Å². The van der Waals surface area contributed by atoms with E-state index < -0.39 is 5.60 Å². The van der Waals surface area contributed by atoms with Crippen molar-refractivity contribution in [2.45, 2.75) is 18.9 Å². The Bertz CT molecular complexity index is 786. The van der Waals surface area contributed by atoms with Crippen LogP contribution in [0.4, 0.5) is 0 Å². The lowest BCUT2D eigenvalue weighted by Crippen LogP contribution is -2.41. The fourth-order valence-corrected chi connectivity index (χ4v) is 2.91. The summed E-state index contributed by atoms with van der Waals surface area (Å²) in [6.45, 7) is 2.42. The number of carbonyl (C=O) groups is 1. The number of amides is 1. The third kappa shape index (κ3) is 3.05. The minimum absolute atomic E-state index is 0.239. The van der Waals surface area contributed by atoms with Gasteiger partial charge in [-0.3, -0.25) is 4.79 Å². The van der Waals surface area contributed by atoms with Crippen LogP contribution in [0.5, 0.6) is 0 Å². The molecule has 1 unspecified atom stereocenters. The van der Waals surface area contributed by atoms with E-state index in [9.17, 15) is 4.79 Å². The van der Waals surface area contributed by atoms with Gasteiger partial charge in [-0.15, -0.1) is 0 Å². The number of hydrogen-bond donors (Lipinski definition) is 1. The average molecular weight is 323 g/mol. The van der Waals surface area contributed by atoms with E-state index in [1.54, 1.807) is 13.2 Å². The quantitative estimate of drug-likeness (QED) is 0.742. The summed E-state index contributed by atoms with van der Waals surface area (Å²) in [5.41, 5.74) is 1.20. The first kappa shape index (κ1) is 16.3. The van der Waals surface area contributed by atoms with Crippen molar-refractivity contribution < 1.29 is 13.9 Å². The maximum Gasteiger partial charge on any atom is 0.287 e. The van der Waals surface area contributed by atoms with Crippen LogP contribution in [0.15, 0.2) is 65.1 Å². The summed E-state index contributed by atoms with van der Waals surface area (Å²) in [7, 11) is 1.67. The minimum Gasteiger partial charge on any atom is -0.451 e. The molecule has 0 saturated carbocycles. The molecular formula is C20H21NO3. The van der Waals surface area contributed by atoms with Crippen molar-refractivity contribution in [3.63, 3.8) is 0 Å². The Hall–Kier alpha value is -2.59. The van der Waals surface area contributed by atoms with Gasteiger partial charge in [0.2, 0.25) is 0 Å². The monoisotopic (exact) mass is 323 g/mol. The lowest BCUT2D eigenvalue weighted by molar-refractivity contribution is -0.0165. The van der Waals surface area contributed by atoms with Crippen molar-refractivity contribution in [3.8, 4) is 0 Å². The first-order chi connectivity index (χ1) is 11.7. The van der Waals surface area contributed by atoms with Crippen LogP contribution >= 0.6 is 0 Å². The van der Waals surface area contributed by atoms with E-state index in [-0.39, 0.29) is 5.91 Å². The van der Waals surface area contributed by atoms with Gasteiger partial charge in [0.05, 0.1) is 6.54 Å². The summed E-state index contributed by atoms with van der Waals surface area (Å²) in [6, 6.07) is 19.3. The number of carbonyl (C=O) groups excluding carboxylic acids is 1. The lowest BCUT2D eigenvalue weighted by Gasteiger charge is -2.32. The van der Waals surface area contributed by atoms with Gasteiger partial charge in [-0.2, -0.15) is 0 Å². The Morgan fingerprint density at radius 1 is 1.12 bits per heavy atom. The summed E-state index contributed by atoms with van der Waals surface area (Å²) in [6.07, 6.45) is 0.744. The van der Waals surface area contributed by atoms with Crippen LogP contribution in [-0.4, -0.2) is 19.6 Å². The molecule has 2 aromatic carbocycles. The van der Waals surface area contributed by atoms with Crippen molar-refractivity contribution >= 4 is 16.9 Å². The van der Waals surface area contributed by atoms with Crippen LogP contribution in [0.3, 0.4) is 0 Å². The normalized spacial score (nSPS) is 13.6. The van der Waals surface area contributed by atoms with Gasteiger partial charge >= 0.3 is 0 Å². The van der Waals surface area contributed by atoms with Crippen molar-refractivity contribution in [3.05, 3.63) is 72.0 Å². The van der Waals surface area contributed by atoms with E-state index in [0.717, 1.165) is 17.4 Å². The third-order valence-electron chi connectivity index (χ3n) is 4.45. The molecule has 3 aromatic rings. The number of furan rings is 1. The highest BCUT2D eigenvalue weighted by molar-refractivity contribution is 5.96.